The van der Waals surface area contributed by atoms with Crippen LogP contribution in [0.3, 0.4) is 0 Å². The van der Waals surface area contributed by atoms with Crippen molar-refractivity contribution in [2.45, 2.75) is 76.4 Å². The number of rotatable bonds is 1. The van der Waals surface area contributed by atoms with E-state index in [1.165, 1.54) is 17.7 Å². The Kier molecular flexibility index (Phi) is 5.86. The Morgan fingerprint density at radius 2 is 1.77 bits per heavy atom. The highest BCUT2D eigenvalue weighted by Crippen LogP contribution is 2.75. The number of nitrogens with zero attached hydrogens (tertiary/aromatic N) is 1. The topological polar surface area (TPSA) is 69.6 Å². The van der Waals surface area contributed by atoms with Gasteiger partial charge >= 0.3 is 0 Å². The van der Waals surface area contributed by atoms with Crippen LogP contribution in [0.1, 0.15) is 75.8 Å². The minimum Gasteiger partial charge on any atom is -0.393 e. The lowest BCUT2D eigenvalue weighted by Crippen LogP contribution is -2.58. The van der Waals surface area contributed by atoms with Gasteiger partial charge in [0.2, 0.25) is 0 Å². The number of aliphatic hydroxyl groups is 1. The molecule has 226 valence electrons. The molecule has 2 aromatic rings. The van der Waals surface area contributed by atoms with Crippen molar-refractivity contribution < 1.29 is 19.1 Å². The molecular weight excluding hydrogens is 563 g/mol. The molecule has 0 unspecified atom stereocenters. The van der Waals surface area contributed by atoms with Gasteiger partial charge in [-0.05, 0) is 111 Å². The van der Waals surface area contributed by atoms with E-state index < -0.39 is 22.2 Å². The Bertz CT molecular complexity index is 1590. The molecule has 2 spiro atoms. The average Bonchev–Trinajstić information content (AvgIpc) is 3.51. The Labute approximate surface area is 257 Å². The third-order valence-corrected chi connectivity index (χ3v) is 13.7. The largest absolute Gasteiger partial charge is 0.393 e. The highest BCUT2D eigenvalue weighted by molar-refractivity contribution is 6.30. The van der Waals surface area contributed by atoms with Crippen LogP contribution in [0.4, 0.5) is 10.1 Å². The molecule has 0 bridgehead atoms. The molecule has 8 rings (SSSR count). The fraction of sp³-hybridized carbons (Fsp3) is 0.556. The van der Waals surface area contributed by atoms with E-state index in [0.717, 1.165) is 44.1 Å². The lowest BCUT2D eigenvalue weighted by atomic mass is 9.48. The predicted octanol–water partition coefficient (Wildman–Crippen LogP) is 6.84. The number of carbonyl (C=O) groups excluding carboxylic acids is 2. The first-order chi connectivity index (χ1) is 20.5. The van der Waals surface area contributed by atoms with E-state index in [0.29, 0.717) is 41.1 Å². The number of carbonyl (C=O) groups is 2. The number of allylic oxidation sites excluding steroid dienone is 1. The number of hydrogen-bond acceptors (Lipinski definition) is 4. The van der Waals surface area contributed by atoms with Crippen molar-refractivity contribution in [1.29, 1.82) is 0 Å². The Hall–Kier alpha value is -2.54. The maximum Gasteiger partial charge on any atom is 0.250 e. The molecule has 2 aromatic carbocycles. The van der Waals surface area contributed by atoms with Crippen LogP contribution >= 0.6 is 11.6 Å². The molecule has 9 atom stereocenters. The highest BCUT2D eigenvalue weighted by Gasteiger charge is 2.80. The number of fused-ring (bicyclic) bond motifs is 8. The number of likely N-dealkylation sites (tertiary alicyclic amines) is 1. The minimum atomic E-state index is -1.31. The van der Waals surface area contributed by atoms with Crippen LogP contribution in [0.5, 0.6) is 0 Å². The zero-order valence-corrected chi connectivity index (χ0v) is 25.9. The van der Waals surface area contributed by atoms with E-state index in [-0.39, 0.29) is 35.0 Å². The summed E-state index contributed by atoms with van der Waals surface area (Å²) in [6.07, 6.45) is 7.89. The molecule has 4 aliphatic carbocycles. The molecule has 1 amide bonds. The summed E-state index contributed by atoms with van der Waals surface area (Å²) >= 11 is 6.33. The van der Waals surface area contributed by atoms with Crippen molar-refractivity contribution in [3.05, 3.63) is 76.1 Å². The first kappa shape index (κ1) is 28.0. The molecule has 3 saturated carbocycles. The minimum absolute atomic E-state index is 0.0302. The van der Waals surface area contributed by atoms with Gasteiger partial charge in [-0.1, -0.05) is 49.2 Å². The normalized spacial score (nSPS) is 43.3. The molecule has 2 aliphatic heterocycles. The summed E-state index contributed by atoms with van der Waals surface area (Å²) in [6, 6.07) is 12.3. The maximum absolute atomic E-state index is 15.6. The fourth-order valence-electron chi connectivity index (χ4n) is 11.5. The number of likely N-dealkylation sites (N-methyl/N-ethyl adjacent to an activating group) is 1. The van der Waals surface area contributed by atoms with Gasteiger partial charge in [0.25, 0.3) is 5.91 Å². The number of hydrogen-bond donors (Lipinski definition) is 2. The standard InChI is InChI=1S/C36H40ClFN2O3/c1-33-14-12-24(41)16-21(33)6-10-25-26(33)13-15-34(2)28(25)18-35(31(34)42)29(20-4-7-22(37)8-5-20)19-40(3)36(35)27-17-23(38)9-11-30(27)39-32(36)43/h4-9,11,17,24-26,28-29,41H,10,12-16,18-19H2,1-3H3,(H,39,43)/t24-,25+,26-,28-,29-,33-,34-,35+,36+/m0/s1. The van der Waals surface area contributed by atoms with Gasteiger partial charge in [-0.2, -0.15) is 0 Å². The molecule has 7 heteroatoms. The van der Waals surface area contributed by atoms with Gasteiger partial charge in [0.05, 0.1) is 11.5 Å². The summed E-state index contributed by atoms with van der Waals surface area (Å²) in [6.45, 7) is 5.07. The van der Waals surface area contributed by atoms with Crippen molar-refractivity contribution in [2.75, 3.05) is 18.9 Å². The number of Topliss-reactive ketones (excluding diaryl/α,β-unsaturated/α-hetero) is 1. The van der Waals surface area contributed by atoms with Crippen LogP contribution in [-0.2, 0) is 15.1 Å². The SMILES string of the molecule is CN1C[C@@H](c2ccc(Cl)cc2)[C@@]2(C[C@H]3[C@@H]4CC=C5C[C@@H](O)CC[C@]5(C)[C@H]4CC[C@]3(C)C2=O)[C@@]12C(=O)Nc1ccc(F)cc12. The summed E-state index contributed by atoms with van der Waals surface area (Å²) in [5.41, 5.74) is 0.638. The zero-order chi connectivity index (χ0) is 30.1. The summed E-state index contributed by atoms with van der Waals surface area (Å²) in [5, 5.41) is 14.2. The highest BCUT2D eigenvalue weighted by atomic mass is 35.5. The third-order valence-electron chi connectivity index (χ3n) is 13.4. The van der Waals surface area contributed by atoms with Gasteiger partial charge in [-0.3, -0.25) is 14.5 Å². The lowest BCUT2D eigenvalue weighted by molar-refractivity contribution is -0.148. The molecule has 1 saturated heterocycles. The number of nitrogens with one attached hydrogen (secondary N) is 1. The van der Waals surface area contributed by atoms with Crippen LogP contribution in [0, 0.1) is 39.8 Å². The van der Waals surface area contributed by atoms with Gasteiger partial charge in [-0.15, -0.1) is 0 Å². The van der Waals surface area contributed by atoms with Gasteiger partial charge in [-0.25, -0.2) is 4.39 Å². The number of amides is 1. The van der Waals surface area contributed by atoms with Crippen molar-refractivity contribution >= 4 is 29.0 Å². The van der Waals surface area contributed by atoms with Crippen molar-refractivity contribution in [3.63, 3.8) is 0 Å². The average molecular weight is 603 g/mol. The molecular formula is C36H40ClFN2O3. The van der Waals surface area contributed by atoms with Crippen LogP contribution in [0.2, 0.25) is 5.02 Å². The molecule has 0 aromatic heterocycles. The number of benzene rings is 2. The monoisotopic (exact) mass is 602 g/mol. The van der Waals surface area contributed by atoms with E-state index in [2.05, 4.69) is 25.2 Å². The third kappa shape index (κ3) is 3.30. The number of ketones is 1. The smallest absolute Gasteiger partial charge is 0.250 e. The Balaban J connectivity index is 1.33. The predicted molar refractivity (Wildman–Crippen MR) is 164 cm³/mol. The Morgan fingerprint density at radius 1 is 1.02 bits per heavy atom. The summed E-state index contributed by atoms with van der Waals surface area (Å²) in [7, 11) is 1.93. The maximum atomic E-state index is 15.6. The van der Waals surface area contributed by atoms with Gasteiger partial charge in [0.15, 0.2) is 0 Å². The molecule has 6 aliphatic rings. The Morgan fingerprint density at radius 3 is 2.53 bits per heavy atom. The lowest BCUT2D eigenvalue weighted by Gasteiger charge is -2.56. The van der Waals surface area contributed by atoms with E-state index in [1.54, 1.807) is 6.07 Å². The summed E-state index contributed by atoms with van der Waals surface area (Å²) in [4.78, 5) is 32.1. The van der Waals surface area contributed by atoms with E-state index in [1.807, 2.05) is 36.2 Å². The fourth-order valence-corrected chi connectivity index (χ4v) is 11.6. The van der Waals surface area contributed by atoms with Gasteiger partial charge in [0, 0.05) is 34.2 Å². The zero-order valence-electron chi connectivity index (χ0n) is 25.1. The molecule has 2 heterocycles. The molecule has 0 radical (unpaired) electrons. The van der Waals surface area contributed by atoms with E-state index in [9.17, 15) is 9.90 Å². The summed E-state index contributed by atoms with van der Waals surface area (Å²) in [5.74, 6) is 0.141. The van der Waals surface area contributed by atoms with E-state index in [4.69, 9.17) is 11.6 Å². The van der Waals surface area contributed by atoms with Crippen molar-refractivity contribution in [2.24, 2.45) is 34.0 Å². The molecule has 5 nitrogen and oxygen atoms in total. The van der Waals surface area contributed by atoms with Crippen LogP contribution in [0.25, 0.3) is 0 Å². The molecule has 2 N–H and O–H groups in total. The molecule has 43 heavy (non-hydrogen) atoms. The number of halogens is 2. The van der Waals surface area contributed by atoms with Crippen LogP contribution in [-0.4, -0.2) is 41.4 Å². The first-order valence-electron chi connectivity index (χ1n) is 16.0. The van der Waals surface area contributed by atoms with E-state index >= 15 is 9.18 Å². The van der Waals surface area contributed by atoms with Crippen molar-refractivity contribution in [1.82, 2.24) is 4.90 Å². The van der Waals surface area contributed by atoms with Crippen LogP contribution < -0.4 is 5.32 Å². The van der Waals surface area contributed by atoms with Gasteiger partial charge in [0.1, 0.15) is 17.1 Å². The number of anilines is 1. The van der Waals surface area contributed by atoms with Crippen LogP contribution in [0.15, 0.2) is 54.1 Å². The quantitative estimate of drug-likeness (QED) is 0.351. The second-order valence-electron chi connectivity index (χ2n) is 15.0. The summed E-state index contributed by atoms with van der Waals surface area (Å²) < 4.78 is 15.0. The number of aliphatic hydroxyl groups excluding tert-OH is 1. The van der Waals surface area contributed by atoms with Gasteiger partial charge < -0.3 is 10.4 Å². The van der Waals surface area contributed by atoms with Crippen molar-refractivity contribution in [3.8, 4) is 0 Å². The first-order valence-corrected chi connectivity index (χ1v) is 16.4. The molecule has 4 fully saturated rings. The second-order valence-corrected chi connectivity index (χ2v) is 15.4. The second kappa shape index (κ2) is 9.02.